The predicted octanol–water partition coefficient (Wildman–Crippen LogP) is 3.59. The number of halogens is 1. The molecule has 0 saturated heterocycles. The molecule has 2 rings (SSSR count). The molecule has 2 unspecified atom stereocenters. The fourth-order valence-corrected chi connectivity index (χ4v) is 2.55. The van der Waals surface area contributed by atoms with Crippen LogP contribution in [-0.2, 0) is 11.2 Å². The number of hydrogen-bond acceptors (Lipinski definition) is 2. The van der Waals surface area contributed by atoms with Gasteiger partial charge in [0, 0.05) is 19.3 Å². The van der Waals surface area contributed by atoms with E-state index in [1.54, 1.807) is 0 Å². The van der Waals surface area contributed by atoms with Gasteiger partial charge in [0.05, 0.1) is 0 Å². The first-order valence-corrected chi connectivity index (χ1v) is 6.20. The van der Waals surface area contributed by atoms with Crippen molar-refractivity contribution in [2.75, 3.05) is 0 Å². The summed E-state index contributed by atoms with van der Waals surface area (Å²) < 4.78 is 6.25. The number of hydrogen-bond donors (Lipinski definition) is 0. The molecule has 15 heavy (non-hydrogen) atoms. The quantitative estimate of drug-likeness (QED) is 0.822. The SMILES string of the molecule is CC1CCC(=O)CC1Cc1ccc(Br)o1. The summed E-state index contributed by atoms with van der Waals surface area (Å²) in [6.45, 7) is 2.23. The first-order chi connectivity index (χ1) is 7.15. The molecule has 2 atom stereocenters. The zero-order valence-corrected chi connectivity index (χ0v) is 10.4. The Kier molecular flexibility index (Phi) is 3.29. The summed E-state index contributed by atoms with van der Waals surface area (Å²) in [6, 6.07) is 3.89. The van der Waals surface area contributed by atoms with Gasteiger partial charge in [-0.3, -0.25) is 4.79 Å². The van der Waals surface area contributed by atoms with Gasteiger partial charge in [-0.1, -0.05) is 6.92 Å². The molecule has 0 amide bonds. The predicted molar refractivity (Wildman–Crippen MR) is 61.6 cm³/mol. The standard InChI is InChI=1S/C12H15BrO2/c1-8-2-3-10(14)6-9(8)7-11-4-5-12(13)15-11/h4-5,8-9H,2-3,6-7H2,1H3. The molecule has 82 valence electrons. The Labute approximate surface area is 98.2 Å². The topological polar surface area (TPSA) is 30.2 Å². The molecule has 0 spiro atoms. The van der Waals surface area contributed by atoms with Crippen molar-refractivity contribution >= 4 is 21.7 Å². The third-order valence-corrected chi connectivity index (χ3v) is 3.69. The molecule has 1 saturated carbocycles. The van der Waals surface area contributed by atoms with Crippen LogP contribution in [0, 0.1) is 11.8 Å². The Morgan fingerprint density at radius 3 is 3.00 bits per heavy atom. The van der Waals surface area contributed by atoms with Gasteiger partial charge in [0.2, 0.25) is 0 Å². The molecule has 1 aromatic rings. The number of ketones is 1. The van der Waals surface area contributed by atoms with Crippen molar-refractivity contribution in [2.24, 2.45) is 11.8 Å². The Balaban J connectivity index is 2.01. The third-order valence-electron chi connectivity index (χ3n) is 3.27. The van der Waals surface area contributed by atoms with E-state index in [4.69, 9.17) is 4.42 Å². The van der Waals surface area contributed by atoms with E-state index in [0.29, 0.717) is 17.6 Å². The molecule has 2 nitrogen and oxygen atoms in total. The van der Waals surface area contributed by atoms with E-state index in [0.717, 1.165) is 36.1 Å². The molecule has 0 N–H and O–H groups in total. The lowest BCUT2D eigenvalue weighted by molar-refractivity contribution is -0.122. The molecular formula is C12H15BrO2. The lowest BCUT2D eigenvalue weighted by Crippen LogP contribution is -2.24. The molecule has 0 radical (unpaired) electrons. The van der Waals surface area contributed by atoms with Crippen LogP contribution in [0.3, 0.4) is 0 Å². The lowest BCUT2D eigenvalue weighted by Gasteiger charge is -2.27. The molecule has 0 aliphatic heterocycles. The molecule has 3 heteroatoms. The van der Waals surface area contributed by atoms with Crippen LogP contribution in [0.4, 0.5) is 0 Å². The van der Waals surface area contributed by atoms with Gasteiger partial charge in [0.1, 0.15) is 11.5 Å². The highest BCUT2D eigenvalue weighted by molar-refractivity contribution is 9.10. The van der Waals surface area contributed by atoms with E-state index in [-0.39, 0.29) is 0 Å². The van der Waals surface area contributed by atoms with Crippen LogP contribution in [0.25, 0.3) is 0 Å². The van der Waals surface area contributed by atoms with Gasteiger partial charge in [-0.2, -0.15) is 0 Å². The summed E-state index contributed by atoms with van der Waals surface area (Å²) in [4.78, 5) is 11.4. The van der Waals surface area contributed by atoms with E-state index in [2.05, 4.69) is 22.9 Å². The minimum atomic E-state index is 0.406. The maximum absolute atomic E-state index is 11.4. The van der Waals surface area contributed by atoms with Crippen molar-refractivity contribution in [3.8, 4) is 0 Å². The molecular weight excluding hydrogens is 256 g/mol. The zero-order chi connectivity index (χ0) is 10.8. The summed E-state index contributed by atoms with van der Waals surface area (Å²) in [5.74, 6) is 2.48. The van der Waals surface area contributed by atoms with Crippen molar-refractivity contribution in [1.29, 1.82) is 0 Å². The summed E-state index contributed by atoms with van der Waals surface area (Å²) in [7, 11) is 0. The van der Waals surface area contributed by atoms with Crippen molar-refractivity contribution < 1.29 is 9.21 Å². The highest BCUT2D eigenvalue weighted by atomic mass is 79.9. The van der Waals surface area contributed by atoms with Crippen LogP contribution in [0.1, 0.15) is 31.9 Å². The average molecular weight is 271 g/mol. The van der Waals surface area contributed by atoms with Gasteiger partial charge in [-0.05, 0) is 46.3 Å². The monoisotopic (exact) mass is 270 g/mol. The first-order valence-electron chi connectivity index (χ1n) is 5.41. The normalized spacial score (nSPS) is 26.9. The van der Waals surface area contributed by atoms with Crippen molar-refractivity contribution in [1.82, 2.24) is 0 Å². The Morgan fingerprint density at radius 2 is 2.33 bits per heavy atom. The number of carbonyl (C=O) groups excluding carboxylic acids is 1. The second-order valence-electron chi connectivity index (χ2n) is 4.43. The second kappa shape index (κ2) is 4.52. The number of carbonyl (C=O) groups is 1. The fraction of sp³-hybridized carbons (Fsp3) is 0.583. The molecule has 0 aromatic carbocycles. The summed E-state index contributed by atoms with van der Waals surface area (Å²) in [6.07, 6.45) is 3.41. The van der Waals surface area contributed by atoms with Crippen molar-refractivity contribution in [3.05, 3.63) is 22.6 Å². The number of furan rings is 1. The van der Waals surface area contributed by atoms with Gasteiger partial charge in [-0.25, -0.2) is 0 Å². The van der Waals surface area contributed by atoms with Gasteiger partial charge in [0.25, 0.3) is 0 Å². The van der Waals surface area contributed by atoms with Gasteiger partial charge in [0.15, 0.2) is 4.67 Å². The minimum absolute atomic E-state index is 0.406. The largest absolute Gasteiger partial charge is 0.454 e. The molecule has 1 aliphatic rings. The van der Waals surface area contributed by atoms with Gasteiger partial charge >= 0.3 is 0 Å². The number of Topliss-reactive ketones (excluding diaryl/α,β-unsaturated/α-hetero) is 1. The third kappa shape index (κ3) is 2.71. The maximum atomic E-state index is 11.4. The molecule has 1 fully saturated rings. The van der Waals surface area contributed by atoms with Gasteiger partial charge in [-0.15, -0.1) is 0 Å². The van der Waals surface area contributed by atoms with Crippen LogP contribution >= 0.6 is 15.9 Å². The minimum Gasteiger partial charge on any atom is -0.454 e. The van der Waals surface area contributed by atoms with E-state index in [9.17, 15) is 4.79 Å². The highest BCUT2D eigenvalue weighted by Crippen LogP contribution is 2.31. The Hall–Kier alpha value is -0.570. The van der Waals surface area contributed by atoms with E-state index in [1.165, 1.54) is 0 Å². The zero-order valence-electron chi connectivity index (χ0n) is 8.83. The van der Waals surface area contributed by atoms with Crippen LogP contribution in [0.5, 0.6) is 0 Å². The Morgan fingerprint density at radius 1 is 1.53 bits per heavy atom. The van der Waals surface area contributed by atoms with Crippen LogP contribution in [0.15, 0.2) is 21.2 Å². The van der Waals surface area contributed by atoms with Crippen molar-refractivity contribution in [3.63, 3.8) is 0 Å². The molecule has 0 bridgehead atoms. The lowest BCUT2D eigenvalue weighted by atomic mass is 9.77. The molecule has 1 heterocycles. The highest BCUT2D eigenvalue weighted by Gasteiger charge is 2.26. The second-order valence-corrected chi connectivity index (χ2v) is 5.21. The summed E-state index contributed by atoms with van der Waals surface area (Å²) >= 11 is 3.29. The van der Waals surface area contributed by atoms with Crippen LogP contribution < -0.4 is 0 Å². The Bertz CT molecular complexity index is 356. The average Bonchev–Trinajstić information content (AvgIpc) is 2.58. The van der Waals surface area contributed by atoms with E-state index in [1.807, 2.05) is 12.1 Å². The maximum Gasteiger partial charge on any atom is 0.169 e. The molecule has 1 aliphatic carbocycles. The molecule has 1 aromatic heterocycles. The summed E-state index contributed by atoms with van der Waals surface area (Å²) in [5, 5.41) is 0. The number of rotatable bonds is 2. The fourth-order valence-electron chi connectivity index (χ4n) is 2.21. The first kappa shape index (κ1) is 10.9. The van der Waals surface area contributed by atoms with E-state index < -0.39 is 0 Å². The van der Waals surface area contributed by atoms with Crippen LogP contribution in [-0.4, -0.2) is 5.78 Å². The van der Waals surface area contributed by atoms with E-state index >= 15 is 0 Å². The van der Waals surface area contributed by atoms with Crippen LogP contribution in [0.2, 0.25) is 0 Å². The van der Waals surface area contributed by atoms with Crippen molar-refractivity contribution in [2.45, 2.75) is 32.6 Å². The smallest absolute Gasteiger partial charge is 0.169 e. The summed E-state index contributed by atoms with van der Waals surface area (Å²) in [5.41, 5.74) is 0. The van der Waals surface area contributed by atoms with Gasteiger partial charge < -0.3 is 4.42 Å².